The van der Waals surface area contributed by atoms with Crippen molar-refractivity contribution in [3.63, 3.8) is 0 Å². The van der Waals surface area contributed by atoms with Crippen LogP contribution in [0, 0.1) is 5.82 Å². The van der Waals surface area contributed by atoms with E-state index in [9.17, 15) is 9.18 Å². The number of nitrogens with zero attached hydrogens (tertiary/aromatic N) is 1. The Morgan fingerprint density at radius 1 is 1.40 bits per heavy atom. The largest absolute Gasteiger partial charge is 0.478 e. The smallest absolute Gasteiger partial charge is 0.336 e. The Morgan fingerprint density at radius 3 is 2.75 bits per heavy atom. The van der Waals surface area contributed by atoms with Crippen LogP contribution in [0.2, 0.25) is 0 Å². The molecule has 3 nitrogen and oxygen atoms in total. The van der Waals surface area contributed by atoms with Crippen molar-refractivity contribution in [3.8, 4) is 0 Å². The molecule has 2 rings (SSSR count). The van der Waals surface area contributed by atoms with E-state index in [4.69, 9.17) is 5.11 Å². The highest BCUT2D eigenvalue weighted by molar-refractivity contribution is 9.10. The number of hydrogen-bond donors (Lipinski definition) is 1. The van der Waals surface area contributed by atoms with Crippen molar-refractivity contribution in [2.24, 2.45) is 0 Å². The standard InChI is InChI=1S/C14H13BrFNO2S/c1-17(7-12-4-10(15)8-20-12)6-9-2-3-11(16)5-13(9)14(18)19/h2-5,8H,6-7H2,1H3,(H,18,19). The molecule has 0 bridgehead atoms. The summed E-state index contributed by atoms with van der Waals surface area (Å²) in [6.07, 6.45) is 0. The van der Waals surface area contributed by atoms with Gasteiger partial charge in [-0.1, -0.05) is 6.07 Å². The third kappa shape index (κ3) is 3.88. The van der Waals surface area contributed by atoms with Crippen LogP contribution in [0.3, 0.4) is 0 Å². The minimum absolute atomic E-state index is 0.0178. The van der Waals surface area contributed by atoms with E-state index in [1.54, 1.807) is 11.3 Å². The fourth-order valence-electron chi connectivity index (χ4n) is 1.94. The molecule has 0 amide bonds. The molecule has 0 unspecified atom stereocenters. The molecule has 0 fully saturated rings. The van der Waals surface area contributed by atoms with Gasteiger partial charge in [-0.3, -0.25) is 4.90 Å². The maximum absolute atomic E-state index is 13.1. The fraction of sp³-hybridized carbons (Fsp3) is 0.214. The number of halogens is 2. The average molecular weight is 358 g/mol. The van der Waals surface area contributed by atoms with Crippen LogP contribution in [0.25, 0.3) is 0 Å². The van der Waals surface area contributed by atoms with E-state index in [2.05, 4.69) is 15.9 Å². The molecule has 6 heteroatoms. The van der Waals surface area contributed by atoms with Crippen molar-refractivity contribution in [2.75, 3.05) is 7.05 Å². The number of carboxylic acid groups (broad SMARTS) is 1. The van der Waals surface area contributed by atoms with Gasteiger partial charge in [0.1, 0.15) is 5.82 Å². The molecular weight excluding hydrogens is 345 g/mol. The Balaban J connectivity index is 2.11. The molecule has 0 spiro atoms. The molecule has 20 heavy (non-hydrogen) atoms. The van der Waals surface area contributed by atoms with Gasteiger partial charge in [0.15, 0.2) is 0 Å². The molecule has 0 aliphatic rings. The minimum Gasteiger partial charge on any atom is -0.478 e. The zero-order chi connectivity index (χ0) is 14.7. The zero-order valence-electron chi connectivity index (χ0n) is 10.8. The average Bonchev–Trinajstić information content (AvgIpc) is 2.76. The summed E-state index contributed by atoms with van der Waals surface area (Å²) in [5.41, 5.74) is 0.626. The second-order valence-electron chi connectivity index (χ2n) is 4.51. The Hall–Kier alpha value is -1.24. The first-order chi connectivity index (χ1) is 9.45. The number of hydrogen-bond acceptors (Lipinski definition) is 3. The highest BCUT2D eigenvalue weighted by Gasteiger charge is 2.13. The van der Waals surface area contributed by atoms with Gasteiger partial charge in [0.05, 0.1) is 5.56 Å². The van der Waals surface area contributed by atoms with Crippen LogP contribution < -0.4 is 0 Å². The van der Waals surface area contributed by atoms with Gasteiger partial charge < -0.3 is 5.11 Å². The van der Waals surface area contributed by atoms with Crippen LogP contribution >= 0.6 is 27.3 Å². The van der Waals surface area contributed by atoms with Gasteiger partial charge >= 0.3 is 5.97 Å². The van der Waals surface area contributed by atoms with Gasteiger partial charge in [0.2, 0.25) is 0 Å². The van der Waals surface area contributed by atoms with Crippen molar-refractivity contribution in [1.29, 1.82) is 0 Å². The molecule has 106 valence electrons. The monoisotopic (exact) mass is 357 g/mol. The molecule has 0 radical (unpaired) electrons. The van der Waals surface area contributed by atoms with Gasteiger partial charge in [0, 0.05) is 27.8 Å². The Kier molecular flexibility index (Phi) is 4.91. The van der Waals surface area contributed by atoms with E-state index in [0.29, 0.717) is 18.7 Å². The van der Waals surface area contributed by atoms with Crippen molar-refractivity contribution in [3.05, 3.63) is 55.9 Å². The summed E-state index contributed by atoms with van der Waals surface area (Å²) < 4.78 is 14.2. The van der Waals surface area contributed by atoms with E-state index in [0.717, 1.165) is 10.5 Å². The summed E-state index contributed by atoms with van der Waals surface area (Å²) in [7, 11) is 1.91. The third-order valence-electron chi connectivity index (χ3n) is 2.79. The minimum atomic E-state index is -1.10. The lowest BCUT2D eigenvalue weighted by Gasteiger charge is -2.17. The van der Waals surface area contributed by atoms with Crippen LogP contribution in [0.15, 0.2) is 34.1 Å². The molecule has 0 aliphatic carbocycles. The number of aromatic carboxylic acids is 1. The number of rotatable bonds is 5. The zero-order valence-corrected chi connectivity index (χ0v) is 13.2. The van der Waals surface area contributed by atoms with E-state index in [-0.39, 0.29) is 5.56 Å². The molecule has 1 aromatic carbocycles. The SMILES string of the molecule is CN(Cc1cc(Br)cs1)Cc1ccc(F)cc1C(=O)O. The lowest BCUT2D eigenvalue weighted by Crippen LogP contribution is -2.18. The van der Waals surface area contributed by atoms with Crippen LogP contribution in [-0.2, 0) is 13.1 Å². The fourth-order valence-corrected chi connectivity index (χ4v) is 3.47. The topological polar surface area (TPSA) is 40.5 Å². The highest BCUT2D eigenvalue weighted by Crippen LogP contribution is 2.22. The molecule has 0 saturated heterocycles. The molecule has 2 aromatic rings. The molecule has 1 heterocycles. The van der Waals surface area contributed by atoms with Gasteiger partial charge in [0.25, 0.3) is 0 Å². The van der Waals surface area contributed by atoms with E-state index in [1.807, 2.05) is 23.4 Å². The lowest BCUT2D eigenvalue weighted by molar-refractivity contribution is 0.0694. The second-order valence-corrected chi connectivity index (χ2v) is 6.42. The van der Waals surface area contributed by atoms with Crippen LogP contribution in [0.4, 0.5) is 4.39 Å². The summed E-state index contributed by atoms with van der Waals surface area (Å²) in [5, 5.41) is 11.1. The summed E-state index contributed by atoms with van der Waals surface area (Å²) >= 11 is 5.04. The van der Waals surface area contributed by atoms with Crippen molar-refractivity contribution in [1.82, 2.24) is 4.90 Å². The number of carboxylic acids is 1. The Labute approximate surface area is 128 Å². The van der Waals surface area contributed by atoms with Gasteiger partial charge in [-0.2, -0.15) is 0 Å². The number of thiophene rings is 1. The van der Waals surface area contributed by atoms with Crippen LogP contribution in [-0.4, -0.2) is 23.0 Å². The van der Waals surface area contributed by atoms with E-state index < -0.39 is 11.8 Å². The Morgan fingerprint density at radius 2 is 2.15 bits per heavy atom. The van der Waals surface area contributed by atoms with Crippen molar-refractivity contribution < 1.29 is 14.3 Å². The second kappa shape index (κ2) is 6.47. The highest BCUT2D eigenvalue weighted by atomic mass is 79.9. The first kappa shape index (κ1) is 15.2. The first-order valence-electron chi connectivity index (χ1n) is 5.89. The summed E-state index contributed by atoms with van der Waals surface area (Å²) in [6, 6.07) is 5.91. The Bertz CT molecular complexity index is 629. The predicted octanol–water partition coefficient (Wildman–Crippen LogP) is 3.98. The van der Waals surface area contributed by atoms with Crippen molar-refractivity contribution >= 4 is 33.2 Å². The van der Waals surface area contributed by atoms with Crippen LogP contribution in [0.5, 0.6) is 0 Å². The summed E-state index contributed by atoms with van der Waals surface area (Å²) in [4.78, 5) is 14.3. The number of carbonyl (C=O) groups is 1. The van der Waals surface area contributed by atoms with Gasteiger partial charge in [-0.05, 0) is 46.7 Å². The molecule has 0 atom stereocenters. The normalized spacial score (nSPS) is 11.0. The molecule has 1 N–H and O–H groups in total. The van der Waals surface area contributed by atoms with Gasteiger partial charge in [-0.15, -0.1) is 11.3 Å². The molecule has 0 saturated carbocycles. The maximum atomic E-state index is 13.1. The third-order valence-corrected chi connectivity index (χ3v) is 4.47. The maximum Gasteiger partial charge on any atom is 0.336 e. The van der Waals surface area contributed by atoms with E-state index in [1.165, 1.54) is 17.0 Å². The lowest BCUT2D eigenvalue weighted by atomic mass is 10.1. The summed E-state index contributed by atoms with van der Waals surface area (Å²) in [6.45, 7) is 1.17. The molecular formula is C14H13BrFNO2S. The van der Waals surface area contributed by atoms with Crippen LogP contribution in [0.1, 0.15) is 20.8 Å². The predicted molar refractivity (Wildman–Crippen MR) is 80.5 cm³/mol. The van der Waals surface area contributed by atoms with Crippen molar-refractivity contribution in [2.45, 2.75) is 13.1 Å². The molecule has 0 aliphatic heterocycles. The van der Waals surface area contributed by atoms with Gasteiger partial charge in [-0.25, -0.2) is 9.18 Å². The van der Waals surface area contributed by atoms with E-state index >= 15 is 0 Å². The quantitative estimate of drug-likeness (QED) is 0.879. The number of benzene rings is 1. The molecule has 1 aromatic heterocycles. The first-order valence-corrected chi connectivity index (χ1v) is 7.56. The summed E-state index contributed by atoms with van der Waals surface area (Å²) in [5.74, 6) is -1.64.